The van der Waals surface area contributed by atoms with Crippen molar-refractivity contribution in [2.45, 2.75) is 37.8 Å². The molecule has 2 aromatic carbocycles. The minimum absolute atomic E-state index is 0.0442. The highest BCUT2D eigenvalue weighted by Crippen LogP contribution is 2.34. The predicted molar refractivity (Wildman–Crippen MR) is 125 cm³/mol. The standard InChI is InChI=1S/C21H26ClNO.C4H4O4/c1-21(17-7-4-3-5-8-17,18-10-12-19(22)13-11-18)24-16-14-20-9-6-15-23(20)2;5-3(6)1-2-4(7)8/h3-5,7-8,10-13,20H,6,9,14-16H2,1-2H3;1-2H,(H,5,6)(H,7,8)/b;2-1+/t20-,21-;/m1./s1/i2D3;. The van der Waals surface area contributed by atoms with Crippen LogP contribution in [0, 0.1) is 0 Å². The maximum atomic E-state index is 9.55. The molecular weight excluding hydrogens is 430 g/mol. The smallest absolute Gasteiger partial charge is 0.328 e. The molecule has 0 spiro atoms. The molecule has 0 unspecified atom stereocenters. The van der Waals surface area contributed by atoms with Crippen molar-refractivity contribution in [1.29, 1.82) is 0 Å². The molecule has 2 N–H and O–H groups in total. The number of ether oxygens (including phenoxy) is 1. The average Bonchev–Trinajstić information content (AvgIpc) is 3.28. The van der Waals surface area contributed by atoms with Crippen LogP contribution >= 0.6 is 11.6 Å². The van der Waals surface area contributed by atoms with Crippen LogP contribution in [-0.4, -0.2) is 53.2 Å². The molecule has 1 fully saturated rings. The van der Waals surface area contributed by atoms with Crippen molar-refractivity contribution in [1.82, 2.24) is 4.90 Å². The van der Waals surface area contributed by atoms with Crippen molar-refractivity contribution in [2.24, 2.45) is 0 Å². The number of carboxylic acid groups (broad SMARTS) is 2. The highest BCUT2D eigenvalue weighted by Gasteiger charge is 2.30. The molecule has 2 atom stereocenters. The van der Waals surface area contributed by atoms with Crippen LogP contribution in [0.5, 0.6) is 0 Å². The third kappa shape index (κ3) is 7.79. The lowest BCUT2D eigenvalue weighted by Gasteiger charge is -2.32. The van der Waals surface area contributed by atoms with E-state index in [0.717, 1.165) is 24.0 Å². The van der Waals surface area contributed by atoms with Gasteiger partial charge in [-0.1, -0.05) is 54.1 Å². The predicted octanol–water partition coefficient (Wildman–Crippen LogP) is 4.82. The second-order valence-electron chi connectivity index (χ2n) is 7.54. The van der Waals surface area contributed by atoms with Crippen molar-refractivity contribution in [3.05, 3.63) is 82.9 Å². The summed E-state index contributed by atoms with van der Waals surface area (Å²) in [7, 11) is 0. The van der Waals surface area contributed by atoms with E-state index in [-0.39, 0.29) is 6.04 Å². The molecule has 0 aliphatic carbocycles. The Morgan fingerprint density at radius 1 is 1.12 bits per heavy atom. The van der Waals surface area contributed by atoms with Gasteiger partial charge in [-0.05, 0) is 63.0 Å². The Morgan fingerprint density at radius 3 is 2.28 bits per heavy atom. The molecule has 0 bridgehead atoms. The SMILES string of the molecule is O=C(O)/C=C/C(=O)O.[2H]C([2H])([2H])N1CCC[C@@H]1CCO[C@](C)(c1ccccc1)c1ccc(Cl)cc1. The number of hydrogen-bond acceptors (Lipinski definition) is 4. The van der Waals surface area contributed by atoms with Gasteiger partial charge < -0.3 is 19.8 Å². The van der Waals surface area contributed by atoms with E-state index in [2.05, 4.69) is 19.1 Å². The topological polar surface area (TPSA) is 87.1 Å². The zero-order chi connectivity index (χ0) is 26.1. The highest BCUT2D eigenvalue weighted by molar-refractivity contribution is 6.30. The van der Waals surface area contributed by atoms with Crippen LogP contribution in [0.15, 0.2) is 66.7 Å². The molecule has 0 radical (unpaired) electrons. The van der Waals surface area contributed by atoms with E-state index in [0.29, 0.717) is 36.7 Å². The molecule has 1 aliphatic rings. The molecule has 1 saturated heterocycles. The van der Waals surface area contributed by atoms with Gasteiger partial charge in [0.2, 0.25) is 0 Å². The molecule has 0 aromatic heterocycles. The van der Waals surface area contributed by atoms with Crippen LogP contribution in [0.2, 0.25) is 5.02 Å². The van der Waals surface area contributed by atoms with Gasteiger partial charge in [0.05, 0.1) is 0 Å². The van der Waals surface area contributed by atoms with Crippen LogP contribution in [0.4, 0.5) is 0 Å². The maximum absolute atomic E-state index is 9.55. The molecule has 0 amide bonds. The molecule has 32 heavy (non-hydrogen) atoms. The van der Waals surface area contributed by atoms with Gasteiger partial charge in [-0.25, -0.2) is 9.59 Å². The monoisotopic (exact) mass is 462 g/mol. The Balaban J connectivity index is 0.000000466. The van der Waals surface area contributed by atoms with Gasteiger partial charge in [-0.3, -0.25) is 0 Å². The van der Waals surface area contributed by atoms with Crippen LogP contribution in [0.3, 0.4) is 0 Å². The first-order valence-electron chi connectivity index (χ1n) is 11.8. The van der Waals surface area contributed by atoms with Crippen molar-refractivity contribution in [3.8, 4) is 0 Å². The normalized spacial score (nSPS) is 19.8. The number of aliphatic carboxylic acids is 2. The van der Waals surface area contributed by atoms with E-state index in [1.54, 1.807) is 4.90 Å². The summed E-state index contributed by atoms with van der Waals surface area (Å²) < 4.78 is 29.5. The first-order valence-corrected chi connectivity index (χ1v) is 10.7. The Bertz CT molecular complexity index is 982. The lowest BCUT2D eigenvalue weighted by molar-refractivity contribution is -0.134. The largest absolute Gasteiger partial charge is 0.478 e. The van der Waals surface area contributed by atoms with Crippen LogP contribution in [0.25, 0.3) is 0 Å². The van der Waals surface area contributed by atoms with Crippen molar-refractivity contribution >= 4 is 23.5 Å². The molecule has 6 nitrogen and oxygen atoms in total. The van der Waals surface area contributed by atoms with Crippen molar-refractivity contribution in [3.63, 3.8) is 0 Å². The lowest BCUT2D eigenvalue weighted by Crippen LogP contribution is -2.31. The first-order chi connectivity index (χ1) is 16.4. The number of carboxylic acids is 2. The lowest BCUT2D eigenvalue weighted by atomic mass is 9.88. The number of halogens is 1. The number of hydrogen-bond donors (Lipinski definition) is 2. The summed E-state index contributed by atoms with van der Waals surface area (Å²) in [5.41, 5.74) is 1.47. The molecular formula is C25H30ClNO5. The van der Waals surface area contributed by atoms with Gasteiger partial charge in [0.1, 0.15) is 5.60 Å². The zero-order valence-electron chi connectivity index (χ0n) is 20.9. The fraction of sp³-hybridized carbons (Fsp3) is 0.360. The summed E-state index contributed by atoms with van der Waals surface area (Å²) in [6.45, 7) is 1.15. The molecule has 1 heterocycles. The van der Waals surface area contributed by atoms with Crippen molar-refractivity contribution < 1.29 is 28.7 Å². The fourth-order valence-corrected chi connectivity index (χ4v) is 3.66. The third-order valence-electron chi connectivity index (χ3n) is 5.31. The van der Waals surface area contributed by atoms with Gasteiger partial charge in [0.25, 0.3) is 0 Å². The number of nitrogens with zero attached hydrogens (tertiary/aromatic N) is 1. The molecule has 1 aliphatic heterocycles. The Morgan fingerprint density at radius 2 is 1.72 bits per heavy atom. The van der Waals surface area contributed by atoms with Crippen molar-refractivity contribution in [2.75, 3.05) is 20.1 Å². The third-order valence-corrected chi connectivity index (χ3v) is 5.56. The summed E-state index contributed by atoms with van der Waals surface area (Å²) in [4.78, 5) is 20.7. The van der Waals surface area contributed by atoms with E-state index in [9.17, 15) is 9.59 Å². The maximum Gasteiger partial charge on any atom is 0.328 e. The summed E-state index contributed by atoms with van der Waals surface area (Å²) in [5, 5.41) is 16.3. The second kappa shape index (κ2) is 12.4. The van der Waals surface area contributed by atoms with E-state index in [1.807, 2.05) is 42.5 Å². The van der Waals surface area contributed by atoms with Gasteiger partial charge >= 0.3 is 11.9 Å². The Hall–Kier alpha value is -2.67. The molecule has 2 aromatic rings. The molecule has 3 rings (SSSR count). The van der Waals surface area contributed by atoms with Crippen LogP contribution in [0.1, 0.15) is 41.4 Å². The average molecular weight is 463 g/mol. The summed E-state index contributed by atoms with van der Waals surface area (Å²) in [6.07, 6.45) is 3.65. The number of rotatable bonds is 8. The zero-order valence-corrected chi connectivity index (χ0v) is 18.7. The summed E-state index contributed by atoms with van der Waals surface area (Å²) >= 11 is 6.06. The highest BCUT2D eigenvalue weighted by atomic mass is 35.5. The van der Waals surface area contributed by atoms with E-state index >= 15 is 0 Å². The minimum Gasteiger partial charge on any atom is -0.478 e. The summed E-state index contributed by atoms with van der Waals surface area (Å²) in [6, 6.07) is 17.8. The number of carbonyl (C=O) groups is 2. The second-order valence-corrected chi connectivity index (χ2v) is 7.98. The van der Waals surface area contributed by atoms with Crippen LogP contribution in [-0.2, 0) is 19.9 Å². The number of likely N-dealkylation sites (tertiary alicyclic amines) is 1. The summed E-state index contributed by atoms with van der Waals surface area (Å²) in [5.74, 6) is -2.51. The van der Waals surface area contributed by atoms with E-state index in [1.165, 1.54) is 0 Å². The van der Waals surface area contributed by atoms with Crippen LogP contribution < -0.4 is 0 Å². The first kappa shape index (κ1) is 21.2. The van der Waals surface area contributed by atoms with Gasteiger partial charge in [0.15, 0.2) is 0 Å². The Labute approximate surface area is 198 Å². The van der Waals surface area contributed by atoms with E-state index in [4.69, 9.17) is 30.7 Å². The van der Waals surface area contributed by atoms with Gasteiger partial charge in [0, 0.05) is 33.9 Å². The molecule has 0 saturated carbocycles. The van der Waals surface area contributed by atoms with Gasteiger partial charge in [-0.15, -0.1) is 0 Å². The quantitative estimate of drug-likeness (QED) is 0.547. The Kier molecular flexibility index (Phi) is 8.20. The van der Waals surface area contributed by atoms with Gasteiger partial charge in [-0.2, -0.15) is 0 Å². The number of benzene rings is 2. The molecule has 7 heteroatoms. The molecule has 172 valence electrons. The minimum atomic E-state index is -2.03. The van der Waals surface area contributed by atoms with E-state index < -0.39 is 24.5 Å². The fourth-order valence-electron chi connectivity index (χ4n) is 3.53.